The van der Waals surface area contributed by atoms with Crippen molar-refractivity contribution in [3.05, 3.63) is 11.9 Å². The Hall–Kier alpha value is -1.72. The lowest BCUT2D eigenvalue weighted by molar-refractivity contribution is -0.137. The Balaban J connectivity index is 1.27. The molecule has 8 unspecified atom stereocenters. The van der Waals surface area contributed by atoms with Crippen LogP contribution in [0.15, 0.2) is 6.20 Å². The van der Waals surface area contributed by atoms with E-state index >= 15 is 0 Å². The number of rotatable bonds is 6. The number of fused-ring (bicyclic) bond motifs is 5. The fourth-order valence-electron chi connectivity index (χ4n) is 9.06. The zero-order valence-electron chi connectivity index (χ0n) is 21.7. The highest BCUT2D eigenvalue weighted by molar-refractivity contribution is 5.91. The molecule has 0 aliphatic heterocycles. The molecule has 4 fully saturated rings. The number of amides is 1. The molecule has 0 bridgehead atoms. The minimum Gasteiger partial charge on any atom is -0.351 e. The topological polar surface area (TPSA) is 76.9 Å². The number of hydrogen-bond donors (Lipinski definition) is 1. The second-order valence-corrected chi connectivity index (χ2v) is 12.7. The van der Waals surface area contributed by atoms with Gasteiger partial charge in [0.1, 0.15) is 6.54 Å². The molecule has 1 heterocycles. The van der Waals surface area contributed by atoms with Gasteiger partial charge in [-0.15, -0.1) is 5.10 Å². The van der Waals surface area contributed by atoms with E-state index in [4.69, 9.17) is 0 Å². The van der Waals surface area contributed by atoms with Crippen LogP contribution in [0.3, 0.4) is 0 Å². The van der Waals surface area contributed by atoms with Gasteiger partial charge in [-0.05, 0) is 98.2 Å². The summed E-state index contributed by atoms with van der Waals surface area (Å²) in [6.07, 6.45) is 14.0. The van der Waals surface area contributed by atoms with Crippen LogP contribution < -0.4 is 5.32 Å². The molecule has 1 aromatic rings. The molecule has 1 N–H and O–H groups in total. The summed E-state index contributed by atoms with van der Waals surface area (Å²) in [5.41, 5.74) is 0.925. The van der Waals surface area contributed by atoms with Crippen LogP contribution in [-0.2, 0) is 11.3 Å². The van der Waals surface area contributed by atoms with E-state index in [0.717, 1.165) is 36.5 Å². The van der Waals surface area contributed by atoms with E-state index in [1.54, 1.807) is 0 Å². The van der Waals surface area contributed by atoms with Crippen LogP contribution >= 0.6 is 0 Å². The zero-order chi connectivity index (χ0) is 24.1. The van der Waals surface area contributed by atoms with Crippen LogP contribution in [-0.4, -0.2) is 33.2 Å². The number of carbonyl (C=O) groups is 2. The molecule has 0 spiro atoms. The minimum absolute atomic E-state index is 0.0960. The molecule has 0 aromatic carbocycles. The van der Waals surface area contributed by atoms with Gasteiger partial charge in [0.2, 0.25) is 0 Å². The number of nitrogens with zero attached hydrogens (tertiary/aromatic N) is 3. The Bertz CT molecular complexity index is 927. The molecule has 1 amide bonds. The molecule has 6 heteroatoms. The van der Waals surface area contributed by atoms with Crippen LogP contribution in [0, 0.1) is 46.3 Å². The molecule has 1 aromatic heterocycles. The lowest BCUT2D eigenvalue weighted by atomic mass is 9.44. The first-order valence-corrected chi connectivity index (χ1v) is 14.0. The molecule has 0 radical (unpaired) electrons. The van der Waals surface area contributed by atoms with Crippen LogP contribution in [0.4, 0.5) is 0 Å². The second-order valence-electron chi connectivity index (χ2n) is 12.7. The summed E-state index contributed by atoms with van der Waals surface area (Å²) in [6.45, 7) is 10.3. The van der Waals surface area contributed by atoms with E-state index in [-0.39, 0.29) is 29.6 Å². The van der Waals surface area contributed by atoms with Crippen molar-refractivity contribution in [3.63, 3.8) is 0 Å². The average Bonchev–Trinajstić information content (AvgIpc) is 3.42. The summed E-state index contributed by atoms with van der Waals surface area (Å²) in [6, 6.07) is 0. The maximum Gasteiger partial charge on any atom is 0.273 e. The quantitative estimate of drug-likeness (QED) is 0.616. The van der Waals surface area contributed by atoms with Gasteiger partial charge in [0.15, 0.2) is 11.5 Å². The molecule has 34 heavy (non-hydrogen) atoms. The number of Topliss-reactive ketones (excluding diaryl/α,β-unsaturated/α-hetero) is 1. The van der Waals surface area contributed by atoms with Crippen molar-refractivity contribution in [1.29, 1.82) is 0 Å². The van der Waals surface area contributed by atoms with Crippen molar-refractivity contribution in [2.45, 2.75) is 98.4 Å². The normalized spacial score (nSPS) is 41.3. The SMILES string of the molecule is CCCNC(=O)c1cnn(CC(=O)C2CCC3C4CCC5CC(C)CCC5(C)C4CCC23C)n1. The van der Waals surface area contributed by atoms with E-state index in [0.29, 0.717) is 23.6 Å². The molecule has 8 atom stereocenters. The second kappa shape index (κ2) is 9.05. The monoisotopic (exact) mass is 468 g/mol. The molecular weight excluding hydrogens is 424 g/mol. The van der Waals surface area contributed by atoms with Crippen molar-refractivity contribution < 1.29 is 9.59 Å². The lowest BCUT2D eigenvalue weighted by Gasteiger charge is -2.61. The third kappa shape index (κ3) is 3.93. The molecule has 4 aliphatic carbocycles. The first-order valence-electron chi connectivity index (χ1n) is 14.0. The number of hydrogen-bond acceptors (Lipinski definition) is 4. The van der Waals surface area contributed by atoms with E-state index in [1.165, 1.54) is 62.4 Å². The maximum atomic E-state index is 13.5. The van der Waals surface area contributed by atoms with Gasteiger partial charge in [0, 0.05) is 12.5 Å². The summed E-state index contributed by atoms with van der Waals surface area (Å²) in [5.74, 6) is 4.27. The van der Waals surface area contributed by atoms with Crippen LogP contribution in [0.2, 0.25) is 0 Å². The van der Waals surface area contributed by atoms with Crippen molar-refractivity contribution in [2.24, 2.45) is 46.3 Å². The maximum absolute atomic E-state index is 13.5. The van der Waals surface area contributed by atoms with E-state index in [2.05, 4.69) is 36.3 Å². The highest BCUT2D eigenvalue weighted by atomic mass is 16.2. The van der Waals surface area contributed by atoms with Gasteiger partial charge in [0.05, 0.1) is 6.20 Å². The predicted molar refractivity (Wildman–Crippen MR) is 132 cm³/mol. The summed E-state index contributed by atoms with van der Waals surface area (Å²) >= 11 is 0. The Labute approximate surface area is 205 Å². The number of nitrogens with one attached hydrogen (secondary N) is 1. The van der Waals surface area contributed by atoms with Gasteiger partial charge in [-0.1, -0.05) is 34.1 Å². The molecule has 188 valence electrons. The summed E-state index contributed by atoms with van der Waals surface area (Å²) < 4.78 is 0. The van der Waals surface area contributed by atoms with Crippen LogP contribution in [0.25, 0.3) is 0 Å². The summed E-state index contributed by atoms with van der Waals surface area (Å²) in [5, 5.41) is 11.4. The van der Waals surface area contributed by atoms with Gasteiger partial charge >= 0.3 is 0 Å². The van der Waals surface area contributed by atoms with Crippen LogP contribution in [0.5, 0.6) is 0 Å². The van der Waals surface area contributed by atoms with Crippen molar-refractivity contribution in [3.8, 4) is 0 Å². The summed E-state index contributed by atoms with van der Waals surface area (Å²) in [7, 11) is 0. The minimum atomic E-state index is -0.215. The van der Waals surface area contributed by atoms with E-state index in [9.17, 15) is 9.59 Å². The van der Waals surface area contributed by atoms with Crippen LogP contribution in [0.1, 0.15) is 102 Å². The van der Waals surface area contributed by atoms with E-state index in [1.807, 2.05) is 6.92 Å². The van der Waals surface area contributed by atoms with Gasteiger partial charge in [-0.2, -0.15) is 9.90 Å². The van der Waals surface area contributed by atoms with Gasteiger partial charge in [0.25, 0.3) is 5.91 Å². The third-order valence-corrected chi connectivity index (χ3v) is 10.9. The van der Waals surface area contributed by atoms with Crippen molar-refractivity contribution in [1.82, 2.24) is 20.3 Å². The van der Waals surface area contributed by atoms with E-state index < -0.39 is 0 Å². The Morgan fingerprint density at radius 1 is 1.06 bits per heavy atom. The number of aromatic nitrogens is 3. The Kier molecular flexibility index (Phi) is 6.39. The average molecular weight is 469 g/mol. The highest BCUT2D eigenvalue weighted by Gasteiger charge is 2.60. The van der Waals surface area contributed by atoms with Gasteiger partial charge < -0.3 is 5.32 Å². The highest BCUT2D eigenvalue weighted by Crippen LogP contribution is 2.67. The van der Waals surface area contributed by atoms with Crippen molar-refractivity contribution in [2.75, 3.05) is 6.54 Å². The predicted octanol–water partition coefficient (Wildman–Crippen LogP) is 5.28. The molecule has 4 saturated carbocycles. The van der Waals surface area contributed by atoms with Gasteiger partial charge in [-0.3, -0.25) is 9.59 Å². The van der Waals surface area contributed by atoms with Gasteiger partial charge in [-0.25, -0.2) is 0 Å². The molecule has 6 nitrogen and oxygen atoms in total. The third-order valence-electron chi connectivity index (χ3n) is 10.9. The standard InChI is InChI=1S/C28H44N4O2/c1-5-14-29-26(34)24-16-30-32(31-24)17-25(33)23-9-8-21-20-7-6-19-15-18(2)10-12-27(19,3)22(20)11-13-28(21,23)4/h16,18-23H,5-15,17H2,1-4H3,(H,29,34). The Morgan fingerprint density at radius 3 is 2.62 bits per heavy atom. The first-order chi connectivity index (χ1) is 16.3. The fraction of sp³-hybridized carbons (Fsp3) is 0.857. The zero-order valence-corrected chi connectivity index (χ0v) is 21.7. The fourth-order valence-corrected chi connectivity index (χ4v) is 9.06. The Morgan fingerprint density at radius 2 is 1.82 bits per heavy atom. The summed E-state index contributed by atoms with van der Waals surface area (Å²) in [4.78, 5) is 27.1. The molecule has 5 rings (SSSR count). The first kappa shape index (κ1) is 24.0. The lowest BCUT2D eigenvalue weighted by Crippen LogP contribution is -2.53. The molecule has 4 aliphatic rings. The smallest absolute Gasteiger partial charge is 0.273 e. The molecule has 0 saturated heterocycles. The largest absolute Gasteiger partial charge is 0.351 e. The number of carbonyl (C=O) groups excluding carboxylic acids is 2. The van der Waals surface area contributed by atoms with Crippen molar-refractivity contribution >= 4 is 11.7 Å². The number of ketones is 1. The molecular formula is C28H44N4O2.